The lowest BCUT2D eigenvalue weighted by Gasteiger charge is -2.13. The molecular weight excluding hydrogens is 376 g/mol. The van der Waals surface area contributed by atoms with Gasteiger partial charge in [-0.15, -0.1) is 0 Å². The highest BCUT2D eigenvalue weighted by Crippen LogP contribution is 2.36. The van der Waals surface area contributed by atoms with Crippen LogP contribution in [0.25, 0.3) is 26.7 Å². The van der Waals surface area contributed by atoms with Gasteiger partial charge in [-0.25, -0.2) is 4.98 Å². The number of H-pyrrole nitrogens is 1. The molecule has 4 nitrogen and oxygen atoms in total. The Kier molecular flexibility index (Phi) is 7.09. The number of pyridine rings is 2. The Morgan fingerprint density at radius 3 is 2.83 bits per heavy atom. The van der Waals surface area contributed by atoms with Gasteiger partial charge in [0.25, 0.3) is 0 Å². The number of rotatable bonds is 6. The summed E-state index contributed by atoms with van der Waals surface area (Å²) in [5.41, 5.74) is 3.17. The second kappa shape index (κ2) is 9.94. The van der Waals surface area contributed by atoms with Gasteiger partial charge in [-0.2, -0.15) is 0 Å². The Labute approximate surface area is 176 Å². The first-order chi connectivity index (χ1) is 14.3. The second-order valence-corrected chi connectivity index (χ2v) is 7.37. The molecule has 148 valence electrons. The van der Waals surface area contributed by atoms with E-state index < -0.39 is 0 Å². The Morgan fingerprint density at radius 1 is 1.14 bits per heavy atom. The number of hydrogen-bond acceptors (Lipinski definition) is 4. The number of nitrogens with one attached hydrogen (secondary N) is 2. The number of fused-ring (bicyclic) bond motifs is 2. The van der Waals surface area contributed by atoms with Crippen LogP contribution in [0.3, 0.4) is 0 Å². The number of anilines is 1. The van der Waals surface area contributed by atoms with Crippen molar-refractivity contribution in [3.8, 4) is 0 Å². The van der Waals surface area contributed by atoms with Gasteiger partial charge >= 0.3 is 0 Å². The van der Waals surface area contributed by atoms with Crippen LogP contribution in [-0.2, 0) is 0 Å². The number of aromatic amines is 1. The van der Waals surface area contributed by atoms with Crippen LogP contribution in [0.2, 0.25) is 0 Å². The van der Waals surface area contributed by atoms with Crippen LogP contribution in [0, 0.1) is 0 Å². The fourth-order valence-electron chi connectivity index (χ4n) is 3.11. The Bertz CT molecular complexity index is 1140. The van der Waals surface area contributed by atoms with E-state index in [9.17, 15) is 0 Å². The van der Waals surface area contributed by atoms with Gasteiger partial charge in [0.2, 0.25) is 0 Å². The minimum atomic E-state index is 0.685. The quantitative estimate of drug-likeness (QED) is 0.370. The SMILES string of the molecule is C=C(CNc1cccc2cnccc12)S/C(=C\C)c1ccnc2[nH]ccc12.CC. The highest BCUT2D eigenvalue weighted by molar-refractivity contribution is 8.11. The molecule has 0 aliphatic heterocycles. The predicted molar refractivity (Wildman–Crippen MR) is 128 cm³/mol. The average molecular weight is 403 g/mol. The number of nitrogens with zero attached hydrogens (tertiary/aromatic N) is 2. The maximum atomic E-state index is 4.37. The van der Waals surface area contributed by atoms with Gasteiger partial charge in [0, 0.05) is 68.6 Å². The molecule has 0 amide bonds. The van der Waals surface area contributed by atoms with E-state index in [0.717, 1.165) is 27.0 Å². The van der Waals surface area contributed by atoms with Gasteiger partial charge in [-0.3, -0.25) is 4.98 Å². The van der Waals surface area contributed by atoms with E-state index >= 15 is 0 Å². The lowest BCUT2D eigenvalue weighted by molar-refractivity contribution is 1.32. The summed E-state index contributed by atoms with van der Waals surface area (Å²) in [6, 6.07) is 12.3. The normalized spacial score (nSPS) is 11.2. The van der Waals surface area contributed by atoms with E-state index in [4.69, 9.17) is 0 Å². The number of thioether (sulfide) groups is 1. The molecule has 4 rings (SSSR count). The van der Waals surface area contributed by atoms with E-state index in [2.05, 4.69) is 64.1 Å². The third-order valence-corrected chi connectivity index (χ3v) is 5.51. The van der Waals surface area contributed by atoms with E-state index in [0.29, 0.717) is 6.54 Å². The molecule has 0 unspecified atom stereocenters. The molecular formula is C24H26N4S. The molecule has 0 bridgehead atoms. The van der Waals surface area contributed by atoms with E-state index in [-0.39, 0.29) is 0 Å². The fraction of sp³-hybridized carbons (Fsp3) is 0.167. The molecule has 4 aromatic rings. The fourth-order valence-corrected chi connectivity index (χ4v) is 3.97. The van der Waals surface area contributed by atoms with Gasteiger partial charge < -0.3 is 10.3 Å². The third kappa shape index (κ3) is 4.69. The van der Waals surface area contributed by atoms with Crippen LogP contribution >= 0.6 is 11.8 Å². The van der Waals surface area contributed by atoms with Gasteiger partial charge in [0.15, 0.2) is 0 Å². The summed E-state index contributed by atoms with van der Waals surface area (Å²) in [5.74, 6) is 0. The molecule has 0 spiro atoms. The van der Waals surface area contributed by atoms with Crippen molar-refractivity contribution in [1.29, 1.82) is 0 Å². The van der Waals surface area contributed by atoms with Crippen molar-refractivity contribution in [1.82, 2.24) is 15.0 Å². The predicted octanol–water partition coefficient (Wildman–Crippen LogP) is 6.86. The second-order valence-electron chi connectivity index (χ2n) is 6.15. The summed E-state index contributed by atoms with van der Waals surface area (Å²) < 4.78 is 0. The molecule has 3 heterocycles. The highest BCUT2D eigenvalue weighted by Gasteiger charge is 2.10. The van der Waals surface area contributed by atoms with E-state index in [1.165, 1.54) is 15.9 Å². The van der Waals surface area contributed by atoms with Crippen molar-refractivity contribution in [3.05, 3.63) is 84.3 Å². The van der Waals surface area contributed by atoms with Crippen molar-refractivity contribution in [2.24, 2.45) is 0 Å². The van der Waals surface area contributed by atoms with Crippen LogP contribution in [0.4, 0.5) is 5.69 Å². The van der Waals surface area contributed by atoms with Crippen LogP contribution in [0.15, 0.2) is 78.7 Å². The summed E-state index contributed by atoms with van der Waals surface area (Å²) >= 11 is 1.69. The van der Waals surface area contributed by atoms with Crippen molar-refractivity contribution in [3.63, 3.8) is 0 Å². The molecule has 5 heteroatoms. The first kappa shape index (κ1) is 20.7. The first-order valence-electron chi connectivity index (χ1n) is 9.77. The van der Waals surface area contributed by atoms with Crippen LogP contribution in [0.1, 0.15) is 26.3 Å². The maximum Gasteiger partial charge on any atom is 0.137 e. The third-order valence-electron chi connectivity index (χ3n) is 4.40. The molecule has 0 saturated heterocycles. The van der Waals surface area contributed by atoms with Gasteiger partial charge in [-0.05, 0) is 31.2 Å². The summed E-state index contributed by atoms with van der Waals surface area (Å²) in [6.07, 6.45) is 9.59. The van der Waals surface area contributed by atoms with Crippen molar-refractivity contribution in [2.75, 3.05) is 11.9 Å². The van der Waals surface area contributed by atoms with Crippen LogP contribution in [-0.4, -0.2) is 21.5 Å². The molecule has 0 aliphatic rings. The number of benzene rings is 1. The summed E-state index contributed by atoms with van der Waals surface area (Å²) in [6.45, 7) is 11.0. The molecule has 29 heavy (non-hydrogen) atoms. The van der Waals surface area contributed by atoms with Crippen molar-refractivity contribution >= 4 is 44.2 Å². The highest BCUT2D eigenvalue weighted by atomic mass is 32.2. The molecule has 0 atom stereocenters. The minimum absolute atomic E-state index is 0.685. The van der Waals surface area contributed by atoms with Crippen LogP contribution in [0.5, 0.6) is 0 Å². The molecule has 0 radical (unpaired) electrons. The van der Waals surface area contributed by atoms with Crippen molar-refractivity contribution in [2.45, 2.75) is 20.8 Å². The van der Waals surface area contributed by atoms with E-state index in [1.807, 2.05) is 50.8 Å². The largest absolute Gasteiger partial charge is 0.380 e. The zero-order chi connectivity index (χ0) is 20.6. The summed E-state index contributed by atoms with van der Waals surface area (Å²) in [4.78, 5) is 14.0. The lowest BCUT2D eigenvalue weighted by atomic mass is 10.1. The molecule has 0 saturated carbocycles. The Hall–Kier alpha value is -3.05. The number of hydrogen-bond donors (Lipinski definition) is 2. The van der Waals surface area contributed by atoms with E-state index in [1.54, 1.807) is 11.8 Å². The van der Waals surface area contributed by atoms with Crippen molar-refractivity contribution < 1.29 is 0 Å². The molecule has 0 aliphatic carbocycles. The minimum Gasteiger partial charge on any atom is -0.380 e. The molecule has 2 N–H and O–H groups in total. The molecule has 1 aromatic carbocycles. The zero-order valence-corrected chi connectivity index (χ0v) is 17.9. The maximum absolute atomic E-state index is 4.37. The zero-order valence-electron chi connectivity index (χ0n) is 17.1. The standard InChI is InChI=1S/C22H20N4S.C2H6/c1-3-21(18-8-11-24-22-19(18)9-12-25-22)27-15(2)13-26-20-6-4-5-16-14-23-10-7-17(16)20;1-2/h3-12,14,26H,2,13H2,1H3,(H,24,25);1-2H3/b21-3-;. The lowest BCUT2D eigenvalue weighted by Crippen LogP contribution is -2.03. The average Bonchev–Trinajstić information content (AvgIpc) is 3.26. The topological polar surface area (TPSA) is 53.6 Å². The number of aromatic nitrogens is 3. The first-order valence-corrected chi connectivity index (χ1v) is 10.6. The van der Waals surface area contributed by atoms with Crippen LogP contribution < -0.4 is 5.32 Å². The summed E-state index contributed by atoms with van der Waals surface area (Å²) in [7, 11) is 0. The number of allylic oxidation sites excluding steroid dienone is 1. The molecule has 3 aromatic heterocycles. The van der Waals surface area contributed by atoms with Gasteiger partial charge in [-0.1, -0.05) is 50.4 Å². The van der Waals surface area contributed by atoms with Gasteiger partial charge in [0.05, 0.1) is 0 Å². The Balaban J connectivity index is 0.00000117. The molecule has 0 fully saturated rings. The Morgan fingerprint density at radius 2 is 2.00 bits per heavy atom. The smallest absolute Gasteiger partial charge is 0.137 e. The monoisotopic (exact) mass is 402 g/mol. The summed E-state index contributed by atoms with van der Waals surface area (Å²) in [5, 5.41) is 6.92. The van der Waals surface area contributed by atoms with Gasteiger partial charge in [0.1, 0.15) is 5.65 Å².